The number of amides is 3. The molecule has 0 spiro atoms. The van der Waals surface area contributed by atoms with Crippen LogP contribution in [-0.4, -0.2) is 33.5 Å². The van der Waals surface area contributed by atoms with E-state index >= 15 is 0 Å². The van der Waals surface area contributed by atoms with Gasteiger partial charge in [-0.25, -0.2) is 4.98 Å². The molecule has 0 bridgehead atoms. The lowest BCUT2D eigenvalue weighted by Gasteiger charge is -2.11. The molecule has 1 N–H and O–H groups in total. The maximum Gasteiger partial charge on any atom is 0.294 e. The van der Waals surface area contributed by atoms with Gasteiger partial charge in [-0.1, -0.05) is 59.6 Å². The summed E-state index contributed by atoms with van der Waals surface area (Å²) in [6, 6.07) is 14.4. The van der Waals surface area contributed by atoms with Crippen molar-refractivity contribution in [3.8, 4) is 11.3 Å². The van der Waals surface area contributed by atoms with Gasteiger partial charge in [-0.3, -0.25) is 19.3 Å². The number of thioether (sulfide) groups is 1. The summed E-state index contributed by atoms with van der Waals surface area (Å²) in [6.07, 6.45) is 1.51. The first-order valence-corrected chi connectivity index (χ1v) is 11.4. The van der Waals surface area contributed by atoms with Crippen molar-refractivity contribution in [1.29, 1.82) is 0 Å². The van der Waals surface area contributed by atoms with Crippen molar-refractivity contribution in [2.24, 2.45) is 0 Å². The fourth-order valence-corrected chi connectivity index (χ4v) is 4.80. The number of carbonyl (C=O) groups excluding carboxylic acids is 3. The predicted molar refractivity (Wildman–Crippen MR) is 125 cm³/mol. The van der Waals surface area contributed by atoms with E-state index in [4.69, 9.17) is 23.2 Å². The standard InChI is InChI=1S/C21H13Cl2N3O3S2/c22-14-7-6-13(15(23)9-14)8-17-19(28)26(21(29)31-17)10-18(27)25-20-24-16(11-30-20)12-4-2-1-3-5-12/h1-9,11H,10H2,(H,24,25,27)/b17-8-. The number of nitrogens with one attached hydrogen (secondary N) is 1. The Balaban J connectivity index is 1.43. The molecular formula is C21H13Cl2N3O3S2. The number of hydrogen-bond acceptors (Lipinski definition) is 6. The Morgan fingerprint density at radius 3 is 2.65 bits per heavy atom. The smallest absolute Gasteiger partial charge is 0.294 e. The molecule has 0 radical (unpaired) electrons. The summed E-state index contributed by atoms with van der Waals surface area (Å²) in [5, 5.41) is 5.14. The minimum atomic E-state index is -0.555. The third-order valence-corrected chi connectivity index (χ3v) is 6.47. The number of carbonyl (C=O) groups is 3. The monoisotopic (exact) mass is 489 g/mol. The molecule has 3 amide bonds. The fourth-order valence-electron chi connectivity index (χ4n) is 2.77. The first-order valence-electron chi connectivity index (χ1n) is 8.92. The summed E-state index contributed by atoms with van der Waals surface area (Å²) in [5.41, 5.74) is 2.21. The molecule has 156 valence electrons. The highest BCUT2D eigenvalue weighted by molar-refractivity contribution is 8.18. The van der Waals surface area contributed by atoms with E-state index in [1.807, 2.05) is 35.7 Å². The number of halogens is 2. The van der Waals surface area contributed by atoms with Crippen molar-refractivity contribution < 1.29 is 14.4 Å². The molecule has 0 aliphatic carbocycles. The van der Waals surface area contributed by atoms with Crippen LogP contribution < -0.4 is 5.32 Å². The quantitative estimate of drug-likeness (QED) is 0.458. The van der Waals surface area contributed by atoms with Crippen LogP contribution in [0.25, 0.3) is 17.3 Å². The van der Waals surface area contributed by atoms with Crippen LogP contribution in [0, 0.1) is 0 Å². The molecular weight excluding hydrogens is 477 g/mol. The third-order valence-electron chi connectivity index (χ3n) is 4.24. The Labute approximate surface area is 195 Å². The van der Waals surface area contributed by atoms with Crippen molar-refractivity contribution in [2.45, 2.75) is 0 Å². The maximum absolute atomic E-state index is 12.6. The number of hydrogen-bond donors (Lipinski definition) is 1. The van der Waals surface area contributed by atoms with Gasteiger partial charge < -0.3 is 5.32 Å². The summed E-state index contributed by atoms with van der Waals surface area (Å²) in [5.74, 6) is -1.07. The second kappa shape index (κ2) is 9.23. The number of imide groups is 1. The Morgan fingerprint density at radius 1 is 1.13 bits per heavy atom. The molecule has 0 unspecified atom stereocenters. The molecule has 1 aromatic heterocycles. The molecule has 1 aliphatic heterocycles. The van der Waals surface area contributed by atoms with Crippen molar-refractivity contribution in [1.82, 2.24) is 9.88 Å². The lowest BCUT2D eigenvalue weighted by atomic mass is 10.2. The molecule has 0 atom stereocenters. The highest BCUT2D eigenvalue weighted by Crippen LogP contribution is 2.34. The van der Waals surface area contributed by atoms with Gasteiger partial charge in [0, 0.05) is 21.0 Å². The highest BCUT2D eigenvalue weighted by Gasteiger charge is 2.36. The van der Waals surface area contributed by atoms with E-state index in [2.05, 4.69) is 10.3 Å². The van der Waals surface area contributed by atoms with Gasteiger partial charge in [0.1, 0.15) is 6.54 Å². The summed E-state index contributed by atoms with van der Waals surface area (Å²) >= 11 is 14.0. The van der Waals surface area contributed by atoms with Crippen molar-refractivity contribution in [2.75, 3.05) is 11.9 Å². The number of thiazole rings is 1. The van der Waals surface area contributed by atoms with Crippen LogP contribution in [0.15, 0.2) is 58.8 Å². The minimum absolute atomic E-state index is 0.183. The van der Waals surface area contributed by atoms with E-state index in [1.54, 1.807) is 18.2 Å². The summed E-state index contributed by atoms with van der Waals surface area (Å²) in [6.45, 7) is -0.406. The first-order chi connectivity index (χ1) is 14.9. The van der Waals surface area contributed by atoms with E-state index in [0.29, 0.717) is 20.7 Å². The maximum atomic E-state index is 12.6. The molecule has 1 saturated heterocycles. The average molecular weight is 490 g/mol. The zero-order valence-corrected chi connectivity index (χ0v) is 18.8. The number of aromatic nitrogens is 1. The Kier molecular flexibility index (Phi) is 6.43. The number of anilines is 1. The normalized spacial score (nSPS) is 15.0. The highest BCUT2D eigenvalue weighted by atomic mass is 35.5. The average Bonchev–Trinajstić information content (AvgIpc) is 3.31. The van der Waals surface area contributed by atoms with Crippen molar-refractivity contribution in [3.05, 3.63) is 74.4 Å². The van der Waals surface area contributed by atoms with E-state index in [-0.39, 0.29) is 4.91 Å². The summed E-state index contributed by atoms with van der Waals surface area (Å²) in [4.78, 5) is 42.8. The number of benzene rings is 2. The van der Waals surface area contributed by atoms with Gasteiger partial charge in [0.15, 0.2) is 5.13 Å². The lowest BCUT2D eigenvalue weighted by molar-refractivity contribution is -0.127. The van der Waals surface area contributed by atoms with Crippen LogP contribution in [0.3, 0.4) is 0 Å². The molecule has 3 aromatic rings. The van der Waals surface area contributed by atoms with Crippen LogP contribution in [0.4, 0.5) is 9.93 Å². The molecule has 2 aromatic carbocycles. The zero-order valence-electron chi connectivity index (χ0n) is 15.7. The molecule has 1 fully saturated rings. The van der Waals surface area contributed by atoms with Crippen LogP contribution in [-0.2, 0) is 9.59 Å². The molecule has 1 aliphatic rings. The minimum Gasteiger partial charge on any atom is -0.300 e. The predicted octanol–water partition coefficient (Wildman–Crippen LogP) is 5.79. The Hall–Kier alpha value is -2.65. The molecule has 2 heterocycles. The van der Waals surface area contributed by atoms with Gasteiger partial charge in [0.05, 0.1) is 10.6 Å². The van der Waals surface area contributed by atoms with E-state index in [9.17, 15) is 14.4 Å². The van der Waals surface area contributed by atoms with E-state index in [1.165, 1.54) is 17.4 Å². The van der Waals surface area contributed by atoms with Gasteiger partial charge in [-0.15, -0.1) is 11.3 Å². The van der Waals surface area contributed by atoms with Gasteiger partial charge in [0.2, 0.25) is 5.91 Å². The summed E-state index contributed by atoms with van der Waals surface area (Å²) < 4.78 is 0. The van der Waals surface area contributed by atoms with Crippen LogP contribution >= 0.6 is 46.3 Å². The fraction of sp³-hybridized carbons (Fsp3) is 0.0476. The van der Waals surface area contributed by atoms with Crippen LogP contribution in [0.5, 0.6) is 0 Å². The largest absolute Gasteiger partial charge is 0.300 e. The van der Waals surface area contributed by atoms with E-state index in [0.717, 1.165) is 27.9 Å². The van der Waals surface area contributed by atoms with Crippen LogP contribution in [0.2, 0.25) is 10.0 Å². The zero-order chi connectivity index (χ0) is 22.0. The van der Waals surface area contributed by atoms with E-state index < -0.39 is 23.6 Å². The SMILES string of the molecule is O=C(CN1C(=O)S/C(=C\c2ccc(Cl)cc2Cl)C1=O)Nc1nc(-c2ccccc2)cs1. The van der Waals surface area contributed by atoms with Gasteiger partial charge >= 0.3 is 0 Å². The third kappa shape index (κ3) is 4.99. The van der Waals surface area contributed by atoms with Crippen molar-refractivity contribution >= 4 is 74.6 Å². The van der Waals surface area contributed by atoms with Gasteiger partial charge in [0.25, 0.3) is 11.1 Å². The van der Waals surface area contributed by atoms with Gasteiger partial charge in [-0.2, -0.15) is 0 Å². The second-order valence-electron chi connectivity index (χ2n) is 6.39. The first kappa shape index (κ1) is 21.6. The Morgan fingerprint density at radius 2 is 1.90 bits per heavy atom. The van der Waals surface area contributed by atoms with Crippen LogP contribution in [0.1, 0.15) is 5.56 Å². The summed E-state index contributed by atoms with van der Waals surface area (Å²) in [7, 11) is 0. The van der Waals surface area contributed by atoms with Crippen molar-refractivity contribution in [3.63, 3.8) is 0 Å². The molecule has 10 heteroatoms. The Bertz CT molecular complexity index is 1210. The molecule has 31 heavy (non-hydrogen) atoms. The second-order valence-corrected chi connectivity index (χ2v) is 9.08. The number of rotatable bonds is 5. The molecule has 6 nitrogen and oxygen atoms in total. The lowest BCUT2D eigenvalue weighted by Crippen LogP contribution is -2.36. The molecule has 4 rings (SSSR count). The number of nitrogens with zero attached hydrogens (tertiary/aromatic N) is 2. The molecule has 0 saturated carbocycles. The topological polar surface area (TPSA) is 79.4 Å². The van der Waals surface area contributed by atoms with Gasteiger partial charge in [-0.05, 0) is 35.5 Å².